The van der Waals surface area contributed by atoms with Crippen LogP contribution < -0.4 is 0 Å². The predicted octanol–water partition coefficient (Wildman–Crippen LogP) is 2.10. The van der Waals surface area contributed by atoms with E-state index in [1.165, 1.54) is 0 Å². The average Bonchev–Trinajstić information content (AvgIpc) is 1.12. The Bertz CT molecular complexity index is 61.6. The first kappa shape index (κ1) is 17.8. The van der Waals surface area contributed by atoms with Gasteiger partial charge in [-0.1, -0.05) is 0 Å². The second kappa shape index (κ2) is 6.33. The molecule has 0 rings (SSSR count). The molecule has 0 aromatic carbocycles. The summed E-state index contributed by atoms with van der Waals surface area (Å²) in [6.45, 7) is 0. The second-order valence-corrected chi connectivity index (χ2v) is 1.82. The third-order valence-electron chi connectivity index (χ3n) is 0. The maximum Gasteiger partial charge on any atom is 2.00 e. The largest absolute Gasteiger partial charge is 2.00 e. The van der Waals surface area contributed by atoms with Crippen molar-refractivity contribution < 1.29 is 43.4 Å². The zero-order valence-corrected chi connectivity index (χ0v) is 7.18. The van der Waals surface area contributed by atoms with Crippen LogP contribution in [0.5, 0.6) is 0 Å². The molecule has 0 spiro atoms. The van der Waals surface area contributed by atoms with Crippen LogP contribution in [0.3, 0.4) is 0 Å². The van der Waals surface area contributed by atoms with Gasteiger partial charge in [0.1, 0.15) is 0 Å². The number of alkyl halides is 6. The fraction of sp³-hybridized carbons (Fsp3) is 1.00. The van der Waals surface area contributed by atoms with Crippen LogP contribution in [0.1, 0.15) is 0 Å². The van der Waals surface area contributed by atoms with Crippen LogP contribution in [0, 0.1) is 0 Å². The molecule has 0 aliphatic rings. The topological polar surface area (TPSA) is 0 Å². The van der Waals surface area contributed by atoms with Crippen molar-refractivity contribution in [3.05, 3.63) is 0 Å². The number of halogens is 6. The molecule has 0 aliphatic carbocycles. The first-order valence-electron chi connectivity index (χ1n) is 1.54. The van der Waals surface area contributed by atoms with Crippen LogP contribution in [0.2, 0.25) is 0 Å². The van der Waals surface area contributed by atoms with E-state index in [4.69, 9.17) is 0 Å². The number of rotatable bonds is 0. The van der Waals surface area contributed by atoms with E-state index in [1.807, 2.05) is 0 Å². The molecule has 0 saturated heterocycles. The van der Waals surface area contributed by atoms with Gasteiger partial charge in [0.05, 0.1) is 0 Å². The Hall–Kier alpha value is 0.799. The summed E-state index contributed by atoms with van der Waals surface area (Å²) in [5.74, 6) is 0. The molecule has 0 N–H and O–H groups in total. The fourth-order valence-electron chi connectivity index (χ4n) is 0. The Morgan fingerprint density at radius 3 is 0.636 bits per heavy atom. The Balaban J connectivity index is -0.000000107. The van der Waals surface area contributed by atoms with E-state index in [2.05, 4.69) is 25.3 Å². The SMILES string of the molecule is FC(F)(F)[S-].FC(F)(F)[S-].[Fe+2]. The Labute approximate surface area is 80.0 Å². The smallest absolute Gasteiger partial charge is 0.680 e. The molecular formula is C2F6FeS2. The molecule has 0 saturated carbocycles. The van der Waals surface area contributed by atoms with Gasteiger partial charge >= 0.3 is 17.1 Å². The van der Waals surface area contributed by atoms with E-state index in [1.54, 1.807) is 0 Å². The van der Waals surface area contributed by atoms with Gasteiger partial charge < -0.3 is 25.3 Å². The van der Waals surface area contributed by atoms with Gasteiger partial charge in [0.25, 0.3) is 11.0 Å². The first-order valence-corrected chi connectivity index (χ1v) is 2.36. The van der Waals surface area contributed by atoms with Crippen molar-refractivity contribution >= 4 is 25.3 Å². The maximum absolute atomic E-state index is 10.2. The van der Waals surface area contributed by atoms with Crippen molar-refractivity contribution in [2.75, 3.05) is 0 Å². The summed E-state index contributed by atoms with van der Waals surface area (Å²) >= 11 is 5.65. The van der Waals surface area contributed by atoms with Gasteiger partial charge in [-0.05, 0) is 0 Å². The van der Waals surface area contributed by atoms with Crippen LogP contribution in [0.15, 0.2) is 0 Å². The minimum absolute atomic E-state index is 0. The van der Waals surface area contributed by atoms with E-state index in [-0.39, 0.29) is 17.1 Å². The molecule has 0 aromatic rings. The van der Waals surface area contributed by atoms with E-state index in [9.17, 15) is 26.3 Å². The summed E-state index contributed by atoms with van der Waals surface area (Å²) < 4.78 is 61.0. The van der Waals surface area contributed by atoms with Crippen LogP contribution in [0.25, 0.3) is 0 Å². The molecule has 9 heteroatoms. The van der Waals surface area contributed by atoms with Gasteiger partial charge in [0.15, 0.2) is 0 Å². The molecule has 70 valence electrons. The van der Waals surface area contributed by atoms with E-state index in [0.29, 0.717) is 0 Å². The van der Waals surface area contributed by atoms with Crippen molar-refractivity contribution in [2.24, 2.45) is 0 Å². The molecule has 11 heavy (non-hydrogen) atoms. The molecular weight excluding hydrogens is 258 g/mol. The van der Waals surface area contributed by atoms with Crippen LogP contribution >= 0.6 is 0 Å². The predicted molar refractivity (Wildman–Crippen MR) is 26.8 cm³/mol. The standard InChI is InChI=1S/2CHF3S.Fe/c2*2-1(3,4)5;/h2*5H;/q;;+2/p-2. The van der Waals surface area contributed by atoms with Gasteiger partial charge in [-0.15, -0.1) is 0 Å². The molecule has 0 amide bonds. The molecule has 0 radical (unpaired) electrons. The number of hydrogen-bond donors (Lipinski definition) is 0. The normalized spacial score (nSPS) is 10.9. The summed E-state index contributed by atoms with van der Waals surface area (Å²) in [7, 11) is 0. The molecule has 0 heterocycles. The monoisotopic (exact) mass is 258 g/mol. The van der Waals surface area contributed by atoms with Crippen molar-refractivity contribution in [1.82, 2.24) is 0 Å². The zero-order valence-electron chi connectivity index (χ0n) is 4.44. The molecule has 0 unspecified atom stereocenters. The van der Waals surface area contributed by atoms with Crippen molar-refractivity contribution in [3.8, 4) is 0 Å². The average molecular weight is 258 g/mol. The summed E-state index contributed by atoms with van der Waals surface area (Å²) in [5, 5.41) is 0. The Morgan fingerprint density at radius 1 is 0.636 bits per heavy atom. The summed E-state index contributed by atoms with van der Waals surface area (Å²) in [6, 6.07) is 0. The molecule has 0 aliphatic heterocycles. The summed E-state index contributed by atoms with van der Waals surface area (Å²) in [4.78, 5) is 0. The molecule has 0 fully saturated rings. The minimum atomic E-state index is -4.42. The van der Waals surface area contributed by atoms with Crippen LogP contribution in [-0.2, 0) is 42.3 Å². The molecule has 0 nitrogen and oxygen atoms in total. The molecule has 0 aromatic heterocycles. The van der Waals surface area contributed by atoms with Gasteiger partial charge in [0, 0.05) is 0 Å². The summed E-state index contributed by atoms with van der Waals surface area (Å²) in [6.07, 6.45) is 0. The van der Waals surface area contributed by atoms with Crippen LogP contribution in [-0.4, -0.2) is 11.0 Å². The van der Waals surface area contributed by atoms with Crippen molar-refractivity contribution in [2.45, 2.75) is 11.0 Å². The Morgan fingerprint density at radius 2 is 0.636 bits per heavy atom. The number of hydrogen-bond acceptors (Lipinski definition) is 2. The zero-order chi connectivity index (χ0) is 9.00. The van der Waals surface area contributed by atoms with Gasteiger partial charge in [-0.2, -0.15) is 26.3 Å². The van der Waals surface area contributed by atoms with Crippen LogP contribution in [0.4, 0.5) is 26.3 Å². The van der Waals surface area contributed by atoms with E-state index >= 15 is 0 Å². The van der Waals surface area contributed by atoms with Gasteiger partial charge in [0.2, 0.25) is 0 Å². The van der Waals surface area contributed by atoms with Gasteiger partial charge in [-0.25, -0.2) is 0 Å². The first-order chi connectivity index (χ1) is 4.00. The van der Waals surface area contributed by atoms with Crippen molar-refractivity contribution in [1.29, 1.82) is 0 Å². The van der Waals surface area contributed by atoms with Crippen molar-refractivity contribution in [3.63, 3.8) is 0 Å². The molecule has 0 bridgehead atoms. The minimum Gasteiger partial charge on any atom is -0.680 e. The van der Waals surface area contributed by atoms with Gasteiger partial charge in [-0.3, -0.25) is 0 Å². The molecule has 0 atom stereocenters. The third kappa shape index (κ3) is 1310. The van der Waals surface area contributed by atoms with E-state index in [0.717, 1.165) is 0 Å². The van der Waals surface area contributed by atoms with E-state index < -0.39 is 11.0 Å². The third-order valence-corrected chi connectivity index (χ3v) is 0. The second-order valence-electron chi connectivity index (χ2n) is 0.891. The Kier molecular flexibility index (Phi) is 10.2. The fourth-order valence-corrected chi connectivity index (χ4v) is 0. The summed E-state index contributed by atoms with van der Waals surface area (Å²) in [5.41, 5.74) is -8.83. The maximum atomic E-state index is 10.2. The quantitative estimate of drug-likeness (QED) is 0.370.